The van der Waals surface area contributed by atoms with Crippen LogP contribution >= 0.6 is 11.3 Å². The molecule has 0 aliphatic rings. The molecule has 0 aliphatic heterocycles. The molecule has 0 saturated heterocycles. The highest BCUT2D eigenvalue weighted by atomic mass is 32.1. The van der Waals surface area contributed by atoms with E-state index in [1.807, 2.05) is 12.1 Å². The van der Waals surface area contributed by atoms with Crippen LogP contribution < -0.4 is 5.32 Å². The zero-order chi connectivity index (χ0) is 18.1. The van der Waals surface area contributed by atoms with E-state index in [1.165, 1.54) is 11.1 Å². The van der Waals surface area contributed by atoms with Crippen molar-refractivity contribution >= 4 is 27.4 Å². The average molecular weight is 363 g/mol. The Balaban J connectivity index is 1.71. The maximum atomic E-state index is 5.41. The monoisotopic (exact) mass is 363 g/mol. The Morgan fingerprint density at radius 1 is 1.08 bits per heavy atom. The van der Waals surface area contributed by atoms with Crippen LogP contribution in [0.3, 0.4) is 0 Å². The van der Waals surface area contributed by atoms with E-state index in [1.54, 1.807) is 23.9 Å². The van der Waals surface area contributed by atoms with Gasteiger partial charge in [0, 0.05) is 10.9 Å². The molecule has 0 radical (unpaired) electrons. The minimum atomic E-state index is 0.147. The molecule has 1 N–H and O–H groups in total. The topological polar surface area (TPSA) is 51.0 Å². The van der Waals surface area contributed by atoms with Crippen molar-refractivity contribution in [3.05, 3.63) is 65.7 Å². The lowest BCUT2D eigenvalue weighted by molar-refractivity contribution is 0.518. The predicted octanol–water partition coefficient (Wildman–Crippen LogP) is 5.86. The molecule has 0 saturated carbocycles. The molecule has 0 aliphatic carbocycles. The fraction of sp³-hybridized carbons (Fsp3) is 0.238. The Hall–Kier alpha value is -2.66. The highest BCUT2D eigenvalue weighted by molar-refractivity contribution is 7.17. The lowest BCUT2D eigenvalue weighted by Gasteiger charge is -2.19. The minimum absolute atomic E-state index is 0.147. The second-order valence-electron chi connectivity index (χ2n) is 7.31. The Morgan fingerprint density at radius 3 is 2.58 bits per heavy atom. The Kier molecular flexibility index (Phi) is 4.24. The van der Waals surface area contributed by atoms with Gasteiger partial charge in [-0.3, -0.25) is 0 Å². The van der Waals surface area contributed by atoms with Crippen molar-refractivity contribution in [3.8, 4) is 11.1 Å². The number of furan rings is 1. The summed E-state index contributed by atoms with van der Waals surface area (Å²) in [5.74, 6) is 1.71. The van der Waals surface area contributed by atoms with Crippen LogP contribution in [0.25, 0.3) is 21.3 Å². The zero-order valence-electron chi connectivity index (χ0n) is 15.1. The Bertz CT molecular complexity index is 1010. The van der Waals surface area contributed by atoms with Crippen LogP contribution in [0.1, 0.15) is 32.1 Å². The summed E-state index contributed by atoms with van der Waals surface area (Å²) in [4.78, 5) is 9.88. The molecule has 1 aromatic carbocycles. The number of thiophene rings is 1. The van der Waals surface area contributed by atoms with Crippen LogP contribution in [-0.2, 0) is 12.0 Å². The molecule has 0 bridgehead atoms. The first-order valence-electron chi connectivity index (χ1n) is 8.62. The second-order valence-corrected chi connectivity index (χ2v) is 8.17. The lowest BCUT2D eigenvalue weighted by Crippen LogP contribution is -2.10. The van der Waals surface area contributed by atoms with Crippen molar-refractivity contribution in [2.75, 3.05) is 5.32 Å². The quantitative estimate of drug-likeness (QED) is 0.493. The molecule has 5 heteroatoms. The first-order valence-corrected chi connectivity index (χ1v) is 9.50. The molecule has 0 unspecified atom stereocenters. The van der Waals surface area contributed by atoms with E-state index in [0.29, 0.717) is 6.54 Å². The van der Waals surface area contributed by atoms with E-state index in [-0.39, 0.29) is 5.41 Å². The number of hydrogen-bond acceptors (Lipinski definition) is 5. The zero-order valence-corrected chi connectivity index (χ0v) is 15.9. The molecular weight excluding hydrogens is 342 g/mol. The van der Waals surface area contributed by atoms with E-state index >= 15 is 0 Å². The third-order valence-corrected chi connectivity index (χ3v) is 5.33. The number of benzene rings is 1. The molecule has 4 aromatic rings. The highest BCUT2D eigenvalue weighted by Crippen LogP contribution is 2.37. The Morgan fingerprint density at radius 2 is 1.88 bits per heavy atom. The van der Waals surface area contributed by atoms with Gasteiger partial charge < -0.3 is 9.73 Å². The van der Waals surface area contributed by atoms with E-state index in [0.717, 1.165) is 27.4 Å². The van der Waals surface area contributed by atoms with Crippen LogP contribution in [0.15, 0.2) is 58.8 Å². The molecule has 0 fully saturated rings. The largest absolute Gasteiger partial charge is 0.467 e. The number of aromatic nitrogens is 2. The van der Waals surface area contributed by atoms with Gasteiger partial charge in [-0.2, -0.15) is 0 Å². The standard InChI is InChI=1S/C21H21N3OS/c1-21(2,3)15-8-6-14(7-9-15)17-12-26-20-18(17)19(23-13-24-20)22-11-16-5-4-10-25-16/h4-10,12-13H,11H2,1-3H3,(H,22,23,24). The van der Waals surface area contributed by atoms with Crippen LogP contribution in [0.5, 0.6) is 0 Å². The number of nitrogens with one attached hydrogen (secondary N) is 1. The summed E-state index contributed by atoms with van der Waals surface area (Å²) in [6.45, 7) is 7.28. The van der Waals surface area contributed by atoms with Gasteiger partial charge >= 0.3 is 0 Å². The number of anilines is 1. The molecule has 0 atom stereocenters. The lowest BCUT2D eigenvalue weighted by atomic mass is 9.86. The van der Waals surface area contributed by atoms with Gasteiger partial charge in [0.15, 0.2) is 0 Å². The molecule has 132 valence electrons. The molecule has 26 heavy (non-hydrogen) atoms. The second kappa shape index (κ2) is 6.57. The van der Waals surface area contributed by atoms with Crippen molar-refractivity contribution in [2.24, 2.45) is 0 Å². The first-order chi connectivity index (χ1) is 12.5. The normalized spacial score (nSPS) is 11.8. The van der Waals surface area contributed by atoms with Crippen molar-refractivity contribution in [1.82, 2.24) is 9.97 Å². The van der Waals surface area contributed by atoms with Gasteiger partial charge in [-0.1, -0.05) is 45.0 Å². The van der Waals surface area contributed by atoms with Crippen molar-refractivity contribution in [3.63, 3.8) is 0 Å². The molecule has 3 heterocycles. The summed E-state index contributed by atoms with van der Waals surface area (Å²) in [5.41, 5.74) is 3.81. The van der Waals surface area contributed by atoms with Gasteiger partial charge in [0.25, 0.3) is 0 Å². The number of rotatable bonds is 4. The van der Waals surface area contributed by atoms with Gasteiger partial charge in [-0.25, -0.2) is 9.97 Å². The molecule has 3 aromatic heterocycles. The van der Waals surface area contributed by atoms with E-state index in [4.69, 9.17) is 4.42 Å². The maximum Gasteiger partial charge on any atom is 0.139 e. The summed E-state index contributed by atoms with van der Waals surface area (Å²) >= 11 is 1.64. The van der Waals surface area contributed by atoms with Gasteiger partial charge in [-0.15, -0.1) is 11.3 Å². The highest BCUT2D eigenvalue weighted by Gasteiger charge is 2.16. The van der Waals surface area contributed by atoms with Gasteiger partial charge in [0.1, 0.15) is 22.7 Å². The van der Waals surface area contributed by atoms with Crippen LogP contribution in [-0.4, -0.2) is 9.97 Å². The summed E-state index contributed by atoms with van der Waals surface area (Å²) in [6, 6.07) is 12.6. The Labute approximate surface area is 156 Å². The predicted molar refractivity (Wildman–Crippen MR) is 108 cm³/mol. The van der Waals surface area contributed by atoms with Gasteiger partial charge in [0.05, 0.1) is 18.2 Å². The average Bonchev–Trinajstić information content (AvgIpc) is 3.29. The van der Waals surface area contributed by atoms with Crippen LogP contribution in [0.2, 0.25) is 0 Å². The minimum Gasteiger partial charge on any atom is -0.467 e. The summed E-state index contributed by atoms with van der Waals surface area (Å²) < 4.78 is 5.41. The maximum absolute atomic E-state index is 5.41. The van der Waals surface area contributed by atoms with Gasteiger partial charge in [-0.05, 0) is 28.7 Å². The summed E-state index contributed by atoms with van der Waals surface area (Å²) in [7, 11) is 0. The van der Waals surface area contributed by atoms with Crippen molar-refractivity contribution in [1.29, 1.82) is 0 Å². The third-order valence-electron chi connectivity index (χ3n) is 4.44. The first kappa shape index (κ1) is 16.8. The smallest absolute Gasteiger partial charge is 0.139 e. The fourth-order valence-corrected chi connectivity index (χ4v) is 3.87. The molecule has 0 amide bonds. The molecule has 4 nitrogen and oxygen atoms in total. The fourth-order valence-electron chi connectivity index (χ4n) is 2.96. The SMILES string of the molecule is CC(C)(C)c1ccc(-c2csc3ncnc(NCc4ccco4)c23)cc1. The van der Waals surface area contributed by atoms with Crippen LogP contribution in [0.4, 0.5) is 5.82 Å². The number of hydrogen-bond donors (Lipinski definition) is 1. The van der Waals surface area contributed by atoms with Gasteiger partial charge in [0.2, 0.25) is 0 Å². The van der Waals surface area contributed by atoms with Crippen molar-refractivity contribution < 1.29 is 4.42 Å². The third kappa shape index (κ3) is 3.22. The molecule has 0 spiro atoms. The van der Waals surface area contributed by atoms with E-state index in [9.17, 15) is 0 Å². The van der Waals surface area contributed by atoms with E-state index in [2.05, 4.69) is 65.7 Å². The van der Waals surface area contributed by atoms with Crippen LogP contribution in [0, 0.1) is 0 Å². The van der Waals surface area contributed by atoms with E-state index < -0.39 is 0 Å². The molecule has 4 rings (SSSR count). The number of nitrogens with zero attached hydrogens (tertiary/aromatic N) is 2. The summed E-state index contributed by atoms with van der Waals surface area (Å²) in [6.07, 6.45) is 3.29. The molecular formula is C21H21N3OS. The number of fused-ring (bicyclic) bond motifs is 1. The summed E-state index contributed by atoms with van der Waals surface area (Å²) in [5, 5.41) is 6.60. The van der Waals surface area contributed by atoms with Crippen molar-refractivity contribution in [2.45, 2.75) is 32.7 Å².